The molecule has 0 bridgehead atoms. The summed E-state index contributed by atoms with van der Waals surface area (Å²) in [6.07, 6.45) is -3.47. The van der Waals surface area contributed by atoms with E-state index < -0.39 is 16.9 Å². The molecule has 0 spiro atoms. The number of nitrogens with zero attached hydrogens (tertiary/aromatic N) is 1. The van der Waals surface area contributed by atoms with E-state index in [0.29, 0.717) is 5.56 Å². The second-order valence-corrected chi connectivity index (χ2v) is 2.58. The van der Waals surface area contributed by atoms with Crippen LogP contribution in [0.3, 0.4) is 0 Å². The molecule has 1 aromatic rings. The van der Waals surface area contributed by atoms with Crippen molar-refractivity contribution < 1.29 is 13.2 Å². The molecule has 1 radical (unpaired) electrons. The summed E-state index contributed by atoms with van der Waals surface area (Å²) in [5.41, 5.74) is -0.718. The molecule has 0 fully saturated rings. The Hall–Kier alpha value is -0.770. The lowest BCUT2D eigenvalue weighted by atomic mass is 10.3. The minimum atomic E-state index is -4.50. The van der Waals surface area contributed by atoms with Crippen molar-refractivity contribution in [1.82, 2.24) is 4.98 Å². The molecule has 65 valence electrons. The molecule has 0 aliphatic rings. The molecular weight excluding hydrogens is 191 g/mol. The second-order valence-electron chi connectivity index (χ2n) is 2.17. The Labute approximate surface area is 72.2 Å². The van der Waals surface area contributed by atoms with Crippen molar-refractivity contribution in [2.45, 2.75) is 6.18 Å². The van der Waals surface area contributed by atoms with E-state index in [1.807, 2.05) is 0 Å². The summed E-state index contributed by atoms with van der Waals surface area (Å²) >= 11 is 5.29. The molecule has 1 aromatic heterocycles. The molecule has 0 aliphatic heterocycles. The third-order valence-corrected chi connectivity index (χ3v) is 1.45. The van der Waals surface area contributed by atoms with E-state index in [0.717, 1.165) is 12.3 Å². The van der Waals surface area contributed by atoms with Crippen LogP contribution in [0.15, 0.2) is 12.3 Å². The normalized spacial score (nSPS) is 11.8. The van der Waals surface area contributed by atoms with Crippen molar-refractivity contribution in [3.63, 3.8) is 0 Å². The summed E-state index contributed by atoms with van der Waals surface area (Å²) in [4.78, 5) is 3.13. The summed E-state index contributed by atoms with van der Waals surface area (Å²) in [7, 11) is 0. The van der Waals surface area contributed by atoms with Crippen LogP contribution in [0, 0.1) is 6.92 Å². The lowest BCUT2D eigenvalue weighted by Gasteiger charge is -2.06. The van der Waals surface area contributed by atoms with Gasteiger partial charge < -0.3 is 0 Å². The zero-order chi connectivity index (χ0) is 9.35. The molecule has 1 rings (SSSR count). The first-order chi connectivity index (χ1) is 5.41. The van der Waals surface area contributed by atoms with Gasteiger partial charge in [-0.2, -0.15) is 13.2 Å². The predicted octanol–water partition coefficient (Wildman–Crippen LogP) is 2.94. The lowest BCUT2D eigenvalue weighted by Crippen LogP contribution is -2.08. The summed E-state index contributed by atoms with van der Waals surface area (Å²) < 4.78 is 36.0. The summed E-state index contributed by atoms with van der Waals surface area (Å²) in [6.45, 7) is 3.39. The van der Waals surface area contributed by atoms with Crippen LogP contribution < -0.4 is 0 Å². The van der Waals surface area contributed by atoms with Crippen LogP contribution in [0.1, 0.15) is 11.3 Å². The summed E-state index contributed by atoms with van der Waals surface area (Å²) in [5, 5.41) is -0.421. The molecule has 1 heterocycles. The predicted molar refractivity (Wildman–Crippen MR) is 38.7 cm³/mol. The van der Waals surface area contributed by atoms with Gasteiger partial charge in [0.15, 0.2) is 5.69 Å². The number of pyridine rings is 1. The number of hydrogen-bond donors (Lipinski definition) is 0. The van der Waals surface area contributed by atoms with E-state index in [1.54, 1.807) is 0 Å². The fraction of sp³-hybridized carbons (Fsp3) is 0.143. The highest BCUT2D eigenvalue weighted by Crippen LogP contribution is 2.32. The van der Waals surface area contributed by atoms with Gasteiger partial charge in [0.1, 0.15) is 0 Å². The fourth-order valence-corrected chi connectivity index (χ4v) is 0.982. The van der Waals surface area contributed by atoms with Crippen LogP contribution in [0.25, 0.3) is 0 Å². The number of aromatic nitrogens is 1. The second kappa shape index (κ2) is 2.94. The van der Waals surface area contributed by atoms with Crippen molar-refractivity contribution in [2.24, 2.45) is 0 Å². The van der Waals surface area contributed by atoms with Gasteiger partial charge in [-0.3, -0.25) is 4.98 Å². The highest BCUT2D eigenvalue weighted by Gasteiger charge is 2.34. The quantitative estimate of drug-likeness (QED) is 0.619. The number of alkyl halides is 3. The number of halogens is 4. The molecule has 0 saturated carbocycles. The van der Waals surface area contributed by atoms with Gasteiger partial charge in [0, 0.05) is 6.20 Å². The van der Waals surface area contributed by atoms with Gasteiger partial charge in [-0.15, -0.1) is 0 Å². The zero-order valence-electron chi connectivity index (χ0n) is 5.82. The van der Waals surface area contributed by atoms with Crippen molar-refractivity contribution >= 4 is 11.6 Å². The maximum Gasteiger partial charge on any atom is 0.434 e. The molecule has 0 N–H and O–H groups in total. The lowest BCUT2D eigenvalue weighted by molar-refractivity contribution is -0.141. The third-order valence-electron chi connectivity index (χ3n) is 1.17. The Balaban J connectivity index is 3.19. The molecule has 0 aromatic carbocycles. The summed E-state index contributed by atoms with van der Waals surface area (Å²) in [5.74, 6) is 0. The van der Waals surface area contributed by atoms with E-state index in [9.17, 15) is 13.2 Å². The van der Waals surface area contributed by atoms with E-state index in [-0.39, 0.29) is 0 Å². The smallest absolute Gasteiger partial charge is 0.250 e. The molecule has 0 atom stereocenters. The first kappa shape index (κ1) is 9.32. The highest BCUT2D eigenvalue weighted by atomic mass is 35.5. The summed E-state index contributed by atoms with van der Waals surface area (Å²) in [6, 6.07) is 1.12. The van der Waals surface area contributed by atoms with Gasteiger partial charge in [-0.05, 0) is 18.6 Å². The van der Waals surface area contributed by atoms with Crippen LogP contribution in [0.5, 0.6) is 0 Å². The molecule has 0 unspecified atom stereocenters. The topological polar surface area (TPSA) is 12.9 Å². The van der Waals surface area contributed by atoms with Gasteiger partial charge in [0.25, 0.3) is 0 Å². The van der Waals surface area contributed by atoms with Crippen molar-refractivity contribution in [3.05, 3.63) is 35.5 Å². The van der Waals surface area contributed by atoms with Crippen LogP contribution in [-0.2, 0) is 6.18 Å². The van der Waals surface area contributed by atoms with Gasteiger partial charge in [0.2, 0.25) is 0 Å². The minimum absolute atomic E-state index is 0.355. The van der Waals surface area contributed by atoms with Gasteiger partial charge in [-0.1, -0.05) is 11.6 Å². The highest BCUT2D eigenvalue weighted by molar-refractivity contribution is 6.31. The SMILES string of the molecule is [CH2]c1cnc(C(F)(F)F)c(Cl)c1. The first-order valence-electron chi connectivity index (χ1n) is 2.96. The van der Waals surface area contributed by atoms with Gasteiger partial charge in [-0.25, -0.2) is 0 Å². The maximum atomic E-state index is 12.0. The van der Waals surface area contributed by atoms with Gasteiger partial charge >= 0.3 is 6.18 Å². The largest absolute Gasteiger partial charge is 0.434 e. The third kappa shape index (κ3) is 1.88. The number of rotatable bonds is 0. The standard InChI is InChI=1S/C7H4ClF3N/c1-4-2-5(8)6(12-3-4)7(9,10)11/h2-3H,1H2. The van der Waals surface area contributed by atoms with Crippen molar-refractivity contribution in [1.29, 1.82) is 0 Å². The van der Waals surface area contributed by atoms with E-state index in [1.165, 1.54) is 0 Å². The Morgan fingerprint density at radius 3 is 2.42 bits per heavy atom. The Bertz CT molecular complexity index is 295. The maximum absolute atomic E-state index is 12.0. The number of hydrogen-bond acceptors (Lipinski definition) is 1. The van der Waals surface area contributed by atoms with E-state index in [2.05, 4.69) is 11.9 Å². The van der Waals surface area contributed by atoms with E-state index >= 15 is 0 Å². The Morgan fingerprint density at radius 1 is 1.42 bits per heavy atom. The molecule has 5 heteroatoms. The van der Waals surface area contributed by atoms with Crippen LogP contribution in [0.2, 0.25) is 5.02 Å². The average Bonchev–Trinajstić information content (AvgIpc) is 1.83. The van der Waals surface area contributed by atoms with Crippen LogP contribution in [-0.4, -0.2) is 4.98 Å². The molecule has 12 heavy (non-hydrogen) atoms. The van der Waals surface area contributed by atoms with E-state index in [4.69, 9.17) is 11.6 Å². The van der Waals surface area contributed by atoms with Crippen LogP contribution >= 0.6 is 11.6 Å². The Kier molecular flexibility index (Phi) is 2.28. The molecule has 0 aliphatic carbocycles. The molecular formula is C7H4ClF3N. The van der Waals surface area contributed by atoms with Crippen molar-refractivity contribution in [2.75, 3.05) is 0 Å². The monoisotopic (exact) mass is 194 g/mol. The zero-order valence-corrected chi connectivity index (χ0v) is 6.58. The molecule has 0 amide bonds. The fourth-order valence-electron chi connectivity index (χ4n) is 0.686. The van der Waals surface area contributed by atoms with Crippen LogP contribution in [0.4, 0.5) is 13.2 Å². The minimum Gasteiger partial charge on any atom is -0.250 e. The van der Waals surface area contributed by atoms with Gasteiger partial charge in [0.05, 0.1) is 5.02 Å². The molecule has 1 nitrogen and oxygen atoms in total. The molecule has 0 saturated heterocycles. The average molecular weight is 195 g/mol. The first-order valence-corrected chi connectivity index (χ1v) is 3.34. The van der Waals surface area contributed by atoms with Crippen molar-refractivity contribution in [3.8, 4) is 0 Å². The Morgan fingerprint density at radius 2 is 2.00 bits per heavy atom.